The molecule has 0 aliphatic heterocycles. The second-order valence-corrected chi connectivity index (χ2v) is 6.39. The predicted octanol–water partition coefficient (Wildman–Crippen LogP) is 3.08. The Balaban J connectivity index is 2.24. The zero-order chi connectivity index (χ0) is 11.5. The fraction of sp³-hybridized carbons (Fsp3) is 1.00. The third-order valence-corrected chi connectivity index (χ3v) is 3.97. The van der Waals surface area contributed by atoms with Crippen molar-refractivity contribution in [3.63, 3.8) is 0 Å². The smallest absolute Gasteiger partial charge is 0.0213 e. The molecule has 1 fully saturated rings. The summed E-state index contributed by atoms with van der Waals surface area (Å²) in [5.41, 5.74) is 3.39. The molecule has 0 aromatic rings. The lowest BCUT2D eigenvalue weighted by Gasteiger charge is -2.30. The molecule has 90 valence electrons. The molecular formula is C13H28N2. The minimum atomic E-state index is 0.398. The molecule has 2 unspecified atom stereocenters. The molecule has 0 bridgehead atoms. The second kappa shape index (κ2) is 5.31. The van der Waals surface area contributed by atoms with E-state index in [2.05, 4.69) is 33.1 Å². The summed E-state index contributed by atoms with van der Waals surface area (Å²) in [5.74, 6) is 7.36. The van der Waals surface area contributed by atoms with Gasteiger partial charge in [-0.15, -0.1) is 0 Å². The van der Waals surface area contributed by atoms with E-state index in [1.165, 1.54) is 32.1 Å². The fourth-order valence-electron chi connectivity index (χ4n) is 1.89. The van der Waals surface area contributed by atoms with Gasteiger partial charge in [-0.25, -0.2) is 0 Å². The Morgan fingerprint density at radius 3 is 2.33 bits per heavy atom. The number of nitrogens with one attached hydrogen (secondary N) is 1. The lowest BCUT2D eigenvalue weighted by atomic mass is 9.78. The third-order valence-electron chi connectivity index (χ3n) is 3.97. The highest BCUT2D eigenvalue weighted by molar-refractivity contribution is 4.79. The van der Waals surface area contributed by atoms with Crippen LogP contribution in [0.2, 0.25) is 0 Å². The summed E-state index contributed by atoms with van der Waals surface area (Å²) < 4.78 is 0. The molecule has 0 spiro atoms. The van der Waals surface area contributed by atoms with Crippen LogP contribution in [-0.2, 0) is 0 Å². The van der Waals surface area contributed by atoms with Crippen molar-refractivity contribution in [2.24, 2.45) is 23.1 Å². The molecule has 0 aromatic carbocycles. The fourth-order valence-corrected chi connectivity index (χ4v) is 1.89. The summed E-state index contributed by atoms with van der Waals surface area (Å²) in [7, 11) is 0. The van der Waals surface area contributed by atoms with Gasteiger partial charge < -0.3 is 0 Å². The van der Waals surface area contributed by atoms with Crippen molar-refractivity contribution in [2.75, 3.05) is 0 Å². The van der Waals surface area contributed by atoms with Gasteiger partial charge in [-0.3, -0.25) is 11.3 Å². The van der Waals surface area contributed by atoms with Crippen LogP contribution in [0.4, 0.5) is 0 Å². The van der Waals surface area contributed by atoms with Crippen molar-refractivity contribution in [3.8, 4) is 0 Å². The van der Waals surface area contributed by atoms with Gasteiger partial charge in [0.1, 0.15) is 0 Å². The SMILES string of the molecule is CC(CC(CCC1CC1)NN)C(C)(C)C. The van der Waals surface area contributed by atoms with E-state index in [1.807, 2.05) is 0 Å². The number of hydrogen-bond acceptors (Lipinski definition) is 2. The molecule has 3 N–H and O–H groups in total. The van der Waals surface area contributed by atoms with Crippen LogP contribution in [0.3, 0.4) is 0 Å². The topological polar surface area (TPSA) is 38.0 Å². The Bertz CT molecular complexity index is 179. The van der Waals surface area contributed by atoms with Crippen LogP contribution in [0.1, 0.15) is 59.8 Å². The standard InChI is InChI=1S/C13H28N2/c1-10(13(2,3)4)9-12(15-14)8-7-11-5-6-11/h10-12,15H,5-9,14H2,1-4H3. The summed E-state index contributed by atoms with van der Waals surface area (Å²) in [6.45, 7) is 9.27. The Kier molecular flexibility index (Phi) is 4.60. The van der Waals surface area contributed by atoms with E-state index in [9.17, 15) is 0 Å². The van der Waals surface area contributed by atoms with E-state index in [1.54, 1.807) is 0 Å². The first-order valence-electron chi connectivity index (χ1n) is 6.39. The Morgan fingerprint density at radius 2 is 1.93 bits per heavy atom. The first kappa shape index (κ1) is 13.0. The van der Waals surface area contributed by atoms with Gasteiger partial charge in [0, 0.05) is 6.04 Å². The molecule has 0 radical (unpaired) electrons. The van der Waals surface area contributed by atoms with Crippen molar-refractivity contribution in [2.45, 2.75) is 65.8 Å². The summed E-state index contributed by atoms with van der Waals surface area (Å²) in [4.78, 5) is 0. The van der Waals surface area contributed by atoms with Gasteiger partial charge in [0.25, 0.3) is 0 Å². The number of hydrogen-bond donors (Lipinski definition) is 2. The zero-order valence-corrected chi connectivity index (χ0v) is 10.8. The summed E-state index contributed by atoms with van der Waals surface area (Å²) in [6, 6.07) is 0.514. The normalized spacial score (nSPS) is 21.4. The molecule has 0 aromatic heterocycles. The molecule has 1 saturated carbocycles. The molecule has 1 aliphatic carbocycles. The number of hydrazine groups is 1. The molecule has 15 heavy (non-hydrogen) atoms. The van der Waals surface area contributed by atoms with Gasteiger partial charge in [-0.05, 0) is 36.5 Å². The lowest BCUT2D eigenvalue weighted by Crippen LogP contribution is -2.38. The Morgan fingerprint density at radius 1 is 1.33 bits per heavy atom. The maximum Gasteiger partial charge on any atom is 0.0213 e. The second-order valence-electron chi connectivity index (χ2n) is 6.39. The molecule has 0 heterocycles. The van der Waals surface area contributed by atoms with Crippen molar-refractivity contribution in [1.29, 1.82) is 0 Å². The van der Waals surface area contributed by atoms with Crippen molar-refractivity contribution in [3.05, 3.63) is 0 Å². The summed E-state index contributed by atoms with van der Waals surface area (Å²) in [6.07, 6.45) is 6.72. The molecule has 2 nitrogen and oxygen atoms in total. The quantitative estimate of drug-likeness (QED) is 0.524. The average molecular weight is 212 g/mol. The predicted molar refractivity (Wildman–Crippen MR) is 66.3 cm³/mol. The van der Waals surface area contributed by atoms with Crippen LogP contribution in [0.5, 0.6) is 0 Å². The molecule has 2 atom stereocenters. The number of rotatable bonds is 6. The summed E-state index contributed by atoms with van der Waals surface area (Å²) >= 11 is 0. The lowest BCUT2D eigenvalue weighted by molar-refractivity contribution is 0.217. The van der Waals surface area contributed by atoms with E-state index in [0.717, 1.165) is 11.8 Å². The maximum atomic E-state index is 5.62. The molecule has 1 rings (SSSR count). The Labute approximate surface area is 95.0 Å². The van der Waals surface area contributed by atoms with Gasteiger partial charge >= 0.3 is 0 Å². The highest BCUT2D eigenvalue weighted by atomic mass is 15.2. The first-order chi connectivity index (χ1) is 6.93. The van der Waals surface area contributed by atoms with Gasteiger partial charge in [0.05, 0.1) is 0 Å². The van der Waals surface area contributed by atoms with Gasteiger partial charge in [-0.2, -0.15) is 0 Å². The van der Waals surface area contributed by atoms with Gasteiger partial charge in [-0.1, -0.05) is 40.5 Å². The van der Waals surface area contributed by atoms with Crippen LogP contribution >= 0.6 is 0 Å². The van der Waals surface area contributed by atoms with Crippen LogP contribution < -0.4 is 11.3 Å². The van der Waals surface area contributed by atoms with E-state index in [-0.39, 0.29) is 0 Å². The van der Waals surface area contributed by atoms with Crippen LogP contribution in [0.15, 0.2) is 0 Å². The highest BCUT2D eigenvalue weighted by Gasteiger charge is 2.26. The van der Waals surface area contributed by atoms with Crippen molar-refractivity contribution < 1.29 is 0 Å². The van der Waals surface area contributed by atoms with Crippen molar-refractivity contribution >= 4 is 0 Å². The highest BCUT2D eigenvalue weighted by Crippen LogP contribution is 2.35. The van der Waals surface area contributed by atoms with E-state index < -0.39 is 0 Å². The van der Waals surface area contributed by atoms with E-state index in [4.69, 9.17) is 5.84 Å². The third kappa shape index (κ3) is 4.98. The van der Waals surface area contributed by atoms with Gasteiger partial charge in [0.2, 0.25) is 0 Å². The molecule has 1 aliphatic rings. The average Bonchev–Trinajstić information content (AvgIpc) is 2.93. The van der Waals surface area contributed by atoms with Crippen molar-refractivity contribution in [1.82, 2.24) is 5.43 Å². The monoisotopic (exact) mass is 212 g/mol. The number of nitrogens with two attached hydrogens (primary N) is 1. The molecule has 2 heteroatoms. The first-order valence-corrected chi connectivity index (χ1v) is 6.39. The van der Waals surface area contributed by atoms with Gasteiger partial charge in [0.15, 0.2) is 0 Å². The largest absolute Gasteiger partial charge is 0.271 e. The Hall–Kier alpha value is -0.0800. The van der Waals surface area contributed by atoms with Crippen LogP contribution in [0.25, 0.3) is 0 Å². The molecule has 0 amide bonds. The zero-order valence-electron chi connectivity index (χ0n) is 10.8. The van der Waals surface area contributed by atoms with E-state index in [0.29, 0.717) is 11.5 Å². The van der Waals surface area contributed by atoms with E-state index >= 15 is 0 Å². The molecular weight excluding hydrogens is 184 g/mol. The van der Waals surface area contributed by atoms with Crippen LogP contribution in [0, 0.1) is 17.3 Å². The minimum absolute atomic E-state index is 0.398. The molecule has 0 saturated heterocycles. The maximum absolute atomic E-state index is 5.62. The summed E-state index contributed by atoms with van der Waals surface area (Å²) in [5, 5.41) is 0. The minimum Gasteiger partial charge on any atom is -0.271 e. The van der Waals surface area contributed by atoms with Crippen LogP contribution in [-0.4, -0.2) is 6.04 Å².